The average Bonchev–Trinajstić information content (AvgIpc) is 2.46. The van der Waals surface area contributed by atoms with E-state index in [-0.39, 0.29) is 6.04 Å². The summed E-state index contributed by atoms with van der Waals surface area (Å²) in [5, 5.41) is 0.755. The van der Waals surface area contributed by atoms with Crippen LogP contribution in [0, 0.1) is 0 Å². The first-order valence-electron chi connectivity index (χ1n) is 6.41. The molecule has 0 fully saturated rings. The van der Waals surface area contributed by atoms with Gasteiger partial charge in [0.05, 0.1) is 7.11 Å². The molecule has 1 unspecified atom stereocenters. The summed E-state index contributed by atoms with van der Waals surface area (Å²) < 4.78 is 5.41. The van der Waals surface area contributed by atoms with Gasteiger partial charge in [-0.15, -0.1) is 11.8 Å². The Morgan fingerprint density at radius 3 is 2.50 bits per heavy atom. The summed E-state index contributed by atoms with van der Waals surface area (Å²) in [5.74, 6) is 1.74. The summed E-state index contributed by atoms with van der Waals surface area (Å²) in [5.41, 5.74) is 8.21. The molecule has 0 spiro atoms. The molecule has 2 aromatic carbocycles. The third-order valence-electron chi connectivity index (χ3n) is 3.04. The molecule has 1 atom stereocenters. The fourth-order valence-electron chi connectivity index (χ4n) is 1.89. The molecular formula is C16H18ClNOS. The van der Waals surface area contributed by atoms with Crippen molar-refractivity contribution in [3.63, 3.8) is 0 Å². The molecule has 0 saturated heterocycles. The Labute approximate surface area is 129 Å². The zero-order chi connectivity index (χ0) is 14.5. The van der Waals surface area contributed by atoms with Gasteiger partial charge in [-0.1, -0.05) is 17.7 Å². The number of ether oxygens (including phenoxy) is 1. The lowest BCUT2D eigenvalue weighted by Gasteiger charge is -2.12. The van der Waals surface area contributed by atoms with Gasteiger partial charge in [-0.2, -0.15) is 0 Å². The van der Waals surface area contributed by atoms with E-state index >= 15 is 0 Å². The van der Waals surface area contributed by atoms with Crippen molar-refractivity contribution < 1.29 is 4.74 Å². The highest BCUT2D eigenvalue weighted by atomic mass is 35.5. The molecule has 20 heavy (non-hydrogen) atoms. The molecule has 0 saturated carbocycles. The van der Waals surface area contributed by atoms with Crippen molar-refractivity contribution in [2.24, 2.45) is 5.73 Å². The molecule has 106 valence electrons. The summed E-state index contributed by atoms with van der Waals surface area (Å²) in [6, 6.07) is 14.0. The standard InChI is InChI=1S/C16H18ClNOS/c1-11(18)12-3-8-16(19-2)13(9-12)10-20-15-6-4-14(17)5-7-15/h3-9,11H,10,18H2,1-2H3. The highest BCUT2D eigenvalue weighted by Crippen LogP contribution is 2.30. The highest BCUT2D eigenvalue weighted by molar-refractivity contribution is 7.98. The van der Waals surface area contributed by atoms with E-state index in [4.69, 9.17) is 22.1 Å². The predicted molar refractivity (Wildman–Crippen MR) is 86.6 cm³/mol. The van der Waals surface area contributed by atoms with E-state index in [1.54, 1.807) is 18.9 Å². The fraction of sp³-hybridized carbons (Fsp3) is 0.250. The number of rotatable bonds is 5. The van der Waals surface area contributed by atoms with Crippen molar-refractivity contribution in [2.45, 2.75) is 23.6 Å². The van der Waals surface area contributed by atoms with E-state index < -0.39 is 0 Å². The van der Waals surface area contributed by atoms with Crippen molar-refractivity contribution in [3.8, 4) is 5.75 Å². The van der Waals surface area contributed by atoms with Crippen LogP contribution in [0.4, 0.5) is 0 Å². The summed E-state index contributed by atoms with van der Waals surface area (Å²) in [6.07, 6.45) is 0. The lowest BCUT2D eigenvalue weighted by Crippen LogP contribution is -2.05. The minimum atomic E-state index is 0.0280. The Bertz CT molecular complexity index is 569. The second kappa shape index (κ2) is 7.02. The van der Waals surface area contributed by atoms with E-state index in [2.05, 4.69) is 6.07 Å². The molecule has 0 aliphatic rings. The molecule has 0 aliphatic carbocycles. The van der Waals surface area contributed by atoms with E-state index in [1.165, 1.54) is 4.90 Å². The van der Waals surface area contributed by atoms with Crippen molar-refractivity contribution in [2.75, 3.05) is 7.11 Å². The summed E-state index contributed by atoms with van der Waals surface area (Å²) in [4.78, 5) is 1.18. The zero-order valence-electron chi connectivity index (χ0n) is 11.6. The van der Waals surface area contributed by atoms with Gasteiger partial charge in [0.2, 0.25) is 0 Å². The Morgan fingerprint density at radius 2 is 1.90 bits per heavy atom. The Hall–Kier alpha value is -1.16. The molecule has 0 aromatic heterocycles. The number of hydrogen-bond donors (Lipinski definition) is 1. The van der Waals surface area contributed by atoms with Gasteiger partial charge in [0, 0.05) is 27.3 Å². The lowest BCUT2D eigenvalue weighted by molar-refractivity contribution is 0.411. The summed E-state index contributed by atoms with van der Waals surface area (Å²) in [7, 11) is 1.69. The first-order chi connectivity index (χ1) is 9.60. The molecule has 0 bridgehead atoms. The lowest BCUT2D eigenvalue weighted by atomic mass is 10.1. The van der Waals surface area contributed by atoms with Crippen molar-refractivity contribution in [1.82, 2.24) is 0 Å². The van der Waals surface area contributed by atoms with E-state index in [9.17, 15) is 0 Å². The maximum absolute atomic E-state index is 5.94. The third-order valence-corrected chi connectivity index (χ3v) is 4.35. The molecule has 0 radical (unpaired) electrons. The third kappa shape index (κ3) is 3.92. The minimum absolute atomic E-state index is 0.0280. The first kappa shape index (κ1) is 15.2. The Morgan fingerprint density at radius 1 is 1.20 bits per heavy atom. The van der Waals surface area contributed by atoms with Crippen LogP contribution in [-0.2, 0) is 5.75 Å². The number of methoxy groups -OCH3 is 1. The molecule has 4 heteroatoms. The fourth-order valence-corrected chi connectivity index (χ4v) is 2.89. The topological polar surface area (TPSA) is 35.2 Å². The maximum atomic E-state index is 5.94. The normalized spacial score (nSPS) is 12.2. The molecule has 0 heterocycles. The minimum Gasteiger partial charge on any atom is -0.496 e. The van der Waals surface area contributed by atoms with E-state index in [0.29, 0.717) is 0 Å². The SMILES string of the molecule is COc1ccc(C(C)N)cc1CSc1ccc(Cl)cc1. The average molecular weight is 308 g/mol. The maximum Gasteiger partial charge on any atom is 0.122 e. The number of halogens is 1. The zero-order valence-corrected chi connectivity index (χ0v) is 13.2. The predicted octanol–water partition coefficient (Wildman–Crippen LogP) is 4.66. The molecular weight excluding hydrogens is 290 g/mol. The van der Waals surface area contributed by atoms with E-state index in [0.717, 1.165) is 27.7 Å². The van der Waals surface area contributed by atoms with Gasteiger partial charge < -0.3 is 10.5 Å². The summed E-state index contributed by atoms with van der Waals surface area (Å²) >= 11 is 7.64. The van der Waals surface area contributed by atoms with Crippen LogP contribution in [0.25, 0.3) is 0 Å². The first-order valence-corrected chi connectivity index (χ1v) is 7.77. The van der Waals surface area contributed by atoms with Gasteiger partial charge in [-0.25, -0.2) is 0 Å². The smallest absolute Gasteiger partial charge is 0.122 e. The van der Waals surface area contributed by atoms with Crippen LogP contribution in [0.3, 0.4) is 0 Å². The van der Waals surface area contributed by atoms with Gasteiger partial charge in [0.1, 0.15) is 5.75 Å². The molecule has 2 rings (SSSR count). The Balaban J connectivity index is 2.14. The number of thioether (sulfide) groups is 1. The quantitative estimate of drug-likeness (QED) is 0.816. The van der Waals surface area contributed by atoms with E-state index in [1.807, 2.05) is 43.3 Å². The second-order valence-corrected chi connectivity index (χ2v) is 6.09. The van der Waals surface area contributed by atoms with Crippen LogP contribution in [0.5, 0.6) is 5.75 Å². The largest absolute Gasteiger partial charge is 0.496 e. The van der Waals surface area contributed by atoms with Gasteiger partial charge >= 0.3 is 0 Å². The molecule has 2 aromatic rings. The van der Waals surface area contributed by atoms with Crippen molar-refractivity contribution >= 4 is 23.4 Å². The number of nitrogens with two attached hydrogens (primary N) is 1. The number of benzene rings is 2. The monoisotopic (exact) mass is 307 g/mol. The van der Waals surface area contributed by atoms with Crippen molar-refractivity contribution in [1.29, 1.82) is 0 Å². The van der Waals surface area contributed by atoms with Crippen molar-refractivity contribution in [3.05, 3.63) is 58.6 Å². The van der Waals surface area contributed by atoms with Crippen LogP contribution in [0.1, 0.15) is 24.1 Å². The Kier molecular flexibility index (Phi) is 5.35. The van der Waals surface area contributed by atoms with Crippen LogP contribution in [-0.4, -0.2) is 7.11 Å². The molecule has 2 nitrogen and oxygen atoms in total. The van der Waals surface area contributed by atoms with Crippen LogP contribution in [0.15, 0.2) is 47.4 Å². The van der Waals surface area contributed by atoms with Gasteiger partial charge in [0.25, 0.3) is 0 Å². The molecule has 0 amide bonds. The van der Waals surface area contributed by atoms with Crippen LogP contribution >= 0.6 is 23.4 Å². The van der Waals surface area contributed by atoms with Gasteiger partial charge in [-0.05, 0) is 48.9 Å². The van der Waals surface area contributed by atoms with Gasteiger partial charge in [0.15, 0.2) is 0 Å². The number of hydrogen-bond acceptors (Lipinski definition) is 3. The van der Waals surface area contributed by atoms with Gasteiger partial charge in [-0.3, -0.25) is 0 Å². The summed E-state index contributed by atoms with van der Waals surface area (Å²) in [6.45, 7) is 1.98. The molecule has 0 aliphatic heterocycles. The molecule has 2 N–H and O–H groups in total. The van der Waals surface area contributed by atoms with Crippen LogP contribution < -0.4 is 10.5 Å². The van der Waals surface area contributed by atoms with Crippen LogP contribution in [0.2, 0.25) is 5.02 Å². The second-order valence-electron chi connectivity index (χ2n) is 4.60. The highest BCUT2D eigenvalue weighted by Gasteiger charge is 2.07.